The van der Waals surface area contributed by atoms with Gasteiger partial charge in [0.05, 0.1) is 5.41 Å². The molecule has 1 saturated carbocycles. The van der Waals surface area contributed by atoms with Crippen molar-refractivity contribution in [2.45, 2.75) is 38.4 Å². The smallest absolute Gasteiger partial charge is 0.422 e. The molecule has 0 spiro atoms. The van der Waals surface area contributed by atoms with Crippen LogP contribution in [0.2, 0.25) is 0 Å². The van der Waals surface area contributed by atoms with Crippen LogP contribution in [0.5, 0.6) is 5.75 Å². The van der Waals surface area contributed by atoms with Gasteiger partial charge in [-0.15, -0.1) is 0 Å². The summed E-state index contributed by atoms with van der Waals surface area (Å²) in [5, 5.41) is 6.25. The highest BCUT2D eigenvalue weighted by atomic mass is 19.4. The van der Waals surface area contributed by atoms with Gasteiger partial charge in [0, 0.05) is 18.7 Å². The van der Waals surface area contributed by atoms with Crippen molar-refractivity contribution in [1.82, 2.24) is 10.6 Å². The number of alkyl halides is 3. The zero-order valence-corrected chi connectivity index (χ0v) is 14.0. The van der Waals surface area contributed by atoms with E-state index in [1.807, 2.05) is 0 Å². The van der Waals surface area contributed by atoms with Crippen LogP contribution in [0.3, 0.4) is 0 Å². The largest absolute Gasteiger partial charge is 0.484 e. The molecule has 1 aromatic rings. The van der Waals surface area contributed by atoms with Gasteiger partial charge in [0.25, 0.3) is 0 Å². The maximum absolute atomic E-state index is 12.8. The number of fused-ring (bicyclic) bond motifs is 1. The summed E-state index contributed by atoms with van der Waals surface area (Å²) in [4.78, 5) is 12.8. The monoisotopic (exact) mass is 356 g/mol. The van der Waals surface area contributed by atoms with E-state index in [1.54, 1.807) is 18.2 Å². The number of nitrogens with one attached hydrogen (secondary N) is 2. The lowest BCUT2D eigenvalue weighted by Gasteiger charge is -2.37. The van der Waals surface area contributed by atoms with E-state index in [1.165, 1.54) is 6.07 Å². The minimum absolute atomic E-state index is 0.00664. The second-order valence-electron chi connectivity index (χ2n) is 6.92. The van der Waals surface area contributed by atoms with E-state index >= 15 is 0 Å². The number of amides is 1. The third kappa shape index (κ3) is 4.08. The minimum atomic E-state index is -4.39. The van der Waals surface area contributed by atoms with Crippen molar-refractivity contribution in [3.63, 3.8) is 0 Å². The van der Waals surface area contributed by atoms with Crippen molar-refractivity contribution in [1.29, 1.82) is 0 Å². The number of hydrogen-bond acceptors (Lipinski definition) is 3. The van der Waals surface area contributed by atoms with Crippen LogP contribution in [0.25, 0.3) is 0 Å². The molecule has 0 bridgehead atoms. The second kappa shape index (κ2) is 7.23. The van der Waals surface area contributed by atoms with Crippen molar-refractivity contribution in [2.24, 2.45) is 11.3 Å². The average molecular weight is 356 g/mol. The van der Waals surface area contributed by atoms with Gasteiger partial charge < -0.3 is 15.4 Å². The number of carbonyl (C=O) groups is 1. The van der Waals surface area contributed by atoms with Crippen LogP contribution in [-0.4, -0.2) is 31.8 Å². The maximum Gasteiger partial charge on any atom is 0.422 e. The molecule has 2 N–H and O–H groups in total. The standard InChI is InChI=1S/C18H23F3N2O2/c19-18(20,21)12-25-15-7-2-1-5-13(15)9-23-16(24)17-8-4-3-6-14(17)10-22-11-17/h1-2,5,7,14,22H,3-4,6,8-12H2,(H,23,24)/t14-,17+/m0/s1. The first kappa shape index (κ1) is 18.0. The number of para-hydroxylation sites is 1. The van der Waals surface area contributed by atoms with Gasteiger partial charge in [-0.3, -0.25) is 4.79 Å². The van der Waals surface area contributed by atoms with E-state index in [0.717, 1.165) is 32.2 Å². The molecule has 25 heavy (non-hydrogen) atoms. The van der Waals surface area contributed by atoms with Crippen LogP contribution in [0.1, 0.15) is 31.2 Å². The number of rotatable bonds is 5. The minimum Gasteiger partial charge on any atom is -0.484 e. The van der Waals surface area contributed by atoms with Crippen LogP contribution in [0.4, 0.5) is 13.2 Å². The van der Waals surface area contributed by atoms with Gasteiger partial charge >= 0.3 is 6.18 Å². The van der Waals surface area contributed by atoms with Gasteiger partial charge in [0.2, 0.25) is 5.91 Å². The normalized spacial score (nSPS) is 26.1. The Morgan fingerprint density at radius 2 is 2.12 bits per heavy atom. The van der Waals surface area contributed by atoms with E-state index in [0.29, 0.717) is 18.0 Å². The lowest BCUT2D eigenvalue weighted by molar-refractivity contribution is -0.153. The molecule has 2 atom stereocenters. The molecule has 7 heteroatoms. The molecule has 1 amide bonds. The SMILES string of the molecule is O=C(NCc1ccccc1OCC(F)(F)F)[C@@]12CCCC[C@H]1CNC2. The van der Waals surface area contributed by atoms with E-state index in [-0.39, 0.29) is 23.6 Å². The molecule has 0 aromatic heterocycles. The first-order valence-electron chi connectivity index (χ1n) is 8.67. The zero-order chi connectivity index (χ0) is 17.9. The van der Waals surface area contributed by atoms with Gasteiger partial charge in [-0.25, -0.2) is 0 Å². The van der Waals surface area contributed by atoms with Crippen LogP contribution in [-0.2, 0) is 11.3 Å². The molecule has 2 aliphatic rings. The third-order valence-electron chi connectivity index (χ3n) is 5.29. The number of benzene rings is 1. The highest BCUT2D eigenvalue weighted by molar-refractivity contribution is 5.84. The fraction of sp³-hybridized carbons (Fsp3) is 0.611. The maximum atomic E-state index is 12.8. The van der Waals surface area contributed by atoms with Gasteiger partial charge in [-0.1, -0.05) is 31.0 Å². The molecule has 4 nitrogen and oxygen atoms in total. The Balaban J connectivity index is 1.64. The van der Waals surface area contributed by atoms with Crippen LogP contribution in [0.15, 0.2) is 24.3 Å². The van der Waals surface area contributed by atoms with E-state index in [9.17, 15) is 18.0 Å². The Hall–Kier alpha value is -1.76. The van der Waals surface area contributed by atoms with Crippen LogP contribution in [0, 0.1) is 11.3 Å². The van der Waals surface area contributed by atoms with Crippen molar-refractivity contribution in [2.75, 3.05) is 19.7 Å². The average Bonchev–Trinajstić information content (AvgIpc) is 3.03. The Bertz CT molecular complexity index is 621. The number of ether oxygens (including phenoxy) is 1. The molecule has 2 fully saturated rings. The van der Waals surface area contributed by atoms with Crippen LogP contribution >= 0.6 is 0 Å². The summed E-state index contributed by atoms with van der Waals surface area (Å²) in [6.07, 6.45) is -0.291. The first-order valence-corrected chi connectivity index (χ1v) is 8.67. The first-order chi connectivity index (χ1) is 11.9. The third-order valence-corrected chi connectivity index (χ3v) is 5.29. The molecular formula is C18H23F3N2O2. The Morgan fingerprint density at radius 1 is 1.32 bits per heavy atom. The highest BCUT2D eigenvalue weighted by Crippen LogP contribution is 2.44. The van der Waals surface area contributed by atoms with Crippen molar-refractivity contribution < 1.29 is 22.7 Å². The second-order valence-corrected chi connectivity index (χ2v) is 6.92. The fourth-order valence-electron chi connectivity index (χ4n) is 3.99. The highest BCUT2D eigenvalue weighted by Gasteiger charge is 2.49. The molecule has 1 heterocycles. The molecule has 1 aliphatic carbocycles. The summed E-state index contributed by atoms with van der Waals surface area (Å²) in [7, 11) is 0. The van der Waals surface area contributed by atoms with Gasteiger partial charge in [-0.2, -0.15) is 13.2 Å². The zero-order valence-electron chi connectivity index (χ0n) is 14.0. The van der Waals surface area contributed by atoms with Crippen molar-refractivity contribution in [3.05, 3.63) is 29.8 Å². The lowest BCUT2D eigenvalue weighted by Crippen LogP contribution is -2.47. The molecule has 1 saturated heterocycles. The molecule has 0 radical (unpaired) electrons. The Labute approximate surface area is 145 Å². The van der Waals surface area contributed by atoms with Gasteiger partial charge in [-0.05, 0) is 31.4 Å². The molecule has 1 aromatic carbocycles. The summed E-state index contributed by atoms with van der Waals surface area (Å²) in [5.41, 5.74) is 0.176. The number of halogens is 3. The summed E-state index contributed by atoms with van der Waals surface area (Å²) >= 11 is 0. The molecule has 138 valence electrons. The molecule has 0 unspecified atom stereocenters. The van der Waals surface area contributed by atoms with Crippen LogP contribution < -0.4 is 15.4 Å². The number of hydrogen-bond donors (Lipinski definition) is 2. The molecule has 3 rings (SSSR count). The van der Waals surface area contributed by atoms with E-state index in [2.05, 4.69) is 10.6 Å². The van der Waals surface area contributed by atoms with Crippen molar-refractivity contribution >= 4 is 5.91 Å². The Kier molecular flexibility index (Phi) is 5.22. The summed E-state index contributed by atoms with van der Waals surface area (Å²) in [6, 6.07) is 6.51. The van der Waals surface area contributed by atoms with E-state index in [4.69, 9.17) is 4.74 Å². The Morgan fingerprint density at radius 3 is 2.92 bits per heavy atom. The van der Waals surface area contributed by atoms with E-state index < -0.39 is 12.8 Å². The quantitative estimate of drug-likeness (QED) is 0.853. The van der Waals surface area contributed by atoms with Gasteiger partial charge in [0.1, 0.15) is 5.75 Å². The number of carbonyl (C=O) groups excluding carboxylic acids is 1. The topological polar surface area (TPSA) is 50.4 Å². The predicted octanol–water partition coefficient (Wildman–Crippen LogP) is 3.02. The summed E-state index contributed by atoms with van der Waals surface area (Å²) < 4.78 is 42.0. The lowest BCUT2D eigenvalue weighted by atomic mass is 9.67. The fourth-order valence-corrected chi connectivity index (χ4v) is 3.99. The summed E-state index contributed by atoms with van der Waals surface area (Å²) in [5.74, 6) is 0.494. The van der Waals surface area contributed by atoms with Gasteiger partial charge in [0.15, 0.2) is 6.61 Å². The molecule has 1 aliphatic heterocycles. The van der Waals surface area contributed by atoms with Crippen molar-refractivity contribution in [3.8, 4) is 5.75 Å². The summed E-state index contributed by atoms with van der Waals surface area (Å²) in [6.45, 7) is 0.365. The molecular weight excluding hydrogens is 333 g/mol. The predicted molar refractivity (Wildman–Crippen MR) is 87.1 cm³/mol.